The lowest BCUT2D eigenvalue weighted by atomic mass is 10.0. The first-order valence-electron chi connectivity index (χ1n) is 7.65. The molecular formula is C18H16ClN5. The molecule has 120 valence electrons. The van der Waals surface area contributed by atoms with Crippen LogP contribution in [0.3, 0.4) is 0 Å². The molecule has 0 fully saturated rings. The maximum Gasteiger partial charge on any atom is 0.119 e. The fraction of sp³-hybridized carbons (Fsp3) is 0.167. The summed E-state index contributed by atoms with van der Waals surface area (Å²) >= 11 is 6.39. The number of benzene rings is 1. The van der Waals surface area contributed by atoms with Crippen molar-refractivity contribution in [3.05, 3.63) is 59.0 Å². The molecule has 0 unspecified atom stereocenters. The predicted octanol–water partition coefficient (Wildman–Crippen LogP) is 4.09. The van der Waals surface area contributed by atoms with Crippen LogP contribution in [0.2, 0.25) is 5.02 Å². The number of aryl methyl sites for hydroxylation is 3. The van der Waals surface area contributed by atoms with Crippen molar-refractivity contribution in [2.75, 3.05) is 0 Å². The summed E-state index contributed by atoms with van der Waals surface area (Å²) in [5.41, 5.74) is 6.59. The van der Waals surface area contributed by atoms with Gasteiger partial charge >= 0.3 is 0 Å². The molecule has 0 radical (unpaired) electrons. The van der Waals surface area contributed by atoms with E-state index in [2.05, 4.69) is 34.2 Å². The molecule has 0 saturated heterocycles. The lowest BCUT2D eigenvalue weighted by molar-refractivity contribution is 0.800. The number of aromatic nitrogens is 5. The molecule has 24 heavy (non-hydrogen) atoms. The van der Waals surface area contributed by atoms with Crippen molar-refractivity contribution in [1.82, 2.24) is 24.5 Å². The quantitative estimate of drug-likeness (QED) is 0.553. The smallest absolute Gasteiger partial charge is 0.119 e. The van der Waals surface area contributed by atoms with Gasteiger partial charge in [-0.1, -0.05) is 17.7 Å². The van der Waals surface area contributed by atoms with Crippen LogP contribution in [-0.4, -0.2) is 24.5 Å². The highest BCUT2D eigenvalue weighted by molar-refractivity contribution is 6.35. The van der Waals surface area contributed by atoms with Gasteiger partial charge in [-0.2, -0.15) is 10.2 Å². The SMILES string of the molecule is Cc1cc(Cl)c2c(n1)c(-c1ccc(-n3cccn3)cc1C)nn2C. The summed E-state index contributed by atoms with van der Waals surface area (Å²) in [5, 5.41) is 9.61. The molecule has 0 bridgehead atoms. The molecule has 0 amide bonds. The number of hydrogen-bond donors (Lipinski definition) is 0. The van der Waals surface area contributed by atoms with Crippen LogP contribution in [-0.2, 0) is 7.05 Å². The third kappa shape index (κ3) is 2.29. The van der Waals surface area contributed by atoms with Crippen molar-refractivity contribution in [3.8, 4) is 16.9 Å². The Hall–Kier alpha value is -2.66. The largest absolute Gasteiger partial charge is 0.264 e. The summed E-state index contributed by atoms with van der Waals surface area (Å²) in [5.74, 6) is 0. The van der Waals surface area contributed by atoms with E-state index in [0.29, 0.717) is 5.02 Å². The Bertz CT molecular complexity index is 1050. The number of hydrogen-bond acceptors (Lipinski definition) is 3. The minimum Gasteiger partial charge on any atom is -0.264 e. The molecule has 5 nitrogen and oxygen atoms in total. The highest BCUT2D eigenvalue weighted by Crippen LogP contribution is 2.33. The highest BCUT2D eigenvalue weighted by atomic mass is 35.5. The van der Waals surface area contributed by atoms with E-state index >= 15 is 0 Å². The van der Waals surface area contributed by atoms with Crippen molar-refractivity contribution in [1.29, 1.82) is 0 Å². The Labute approximate surface area is 144 Å². The lowest BCUT2D eigenvalue weighted by Crippen LogP contribution is -1.96. The van der Waals surface area contributed by atoms with Gasteiger partial charge < -0.3 is 0 Å². The molecule has 4 aromatic rings. The highest BCUT2D eigenvalue weighted by Gasteiger charge is 2.17. The van der Waals surface area contributed by atoms with Gasteiger partial charge in [0, 0.05) is 30.7 Å². The molecule has 3 aromatic heterocycles. The summed E-state index contributed by atoms with van der Waals surface area (Å²) in [6.07, 6.45) is 3.69. The molecule has 6 heteroatoms. The molecular weight excluding hydrogens is 322 g/mol. The van der Waals surface area contributed by atoms with Gasteiger partial charge in [0.2, 0.25) is 0 Å². The average molecular weight is 338 g/mol. The van der Waals surface area contributed by atoms with Crippen LogP contribution in [0.15, 0.2) is 42.7 Å². The zero-order chi connectivity index (χ0) is 16.8. The van der Waals surface area contributed by atoms with E-state index in [1.165, 1.54) is 0 Å². The Morgan fingerprint density at radius 1 is 1.12 bits per heavy atom. The third-order valence-electron chi connectivity index (χ3n) is 4.11. The van der Waals surface area contributed by atoms with E-state index in [1.807, 2.05) is 43.0 Å². The number of pyridine rings is 1. The molecule has 0 aliphatic heterocycles. The van der Waals surface area contributed by atoms with E-state index in [-0.39, 0.29) is 0 Å². The van der Waals surface area contributed by atoms with E-state index in [1.54, 1.807) is 10.9 Å². The first-order chi connectivity index (χ1) is 11.5. The van der Waals surface area contributed by atoms with Crippen molar-refractivity contribution in [3.63, 3.8) is 0 Å². The Balaban J connectivity index is 1.92. The Kier molecular flexibility index (Phi) is 3.39. The number of fused-ring (bicyclic) bond motifs is 1. The van der Waals surface area contributed by atoms with Crippen molar-refractivity contribution < 1.29 is 0 Å². The Morgan fingerprint density at radius 3 is 2.67 bits per heavy atom. The van der Waals surface area contributed by atoms with Crippen LogP contribution in [0.5, 0.6) is 0 Å². The summed E-state index contributed by atoms with van der Waals surface area (Å²) in [6, 6.07) is 9.97. The summed E-state index contributed by atoms with van der Waals surface area (Å²) < 4.78 is 3.63. The number of nitrogens with zero attached hydrogens (tertiary/aromatic N) is 5. The van der Waals surface area contributed by atoms with Gasteiger partial charge in [0.15, 0.2) is 0 Å². The van der Waals surface area contributed by atoms with Gasteiger partial charge in [0.25, 0.3) is 0 Å². The molecule has 0 aliphatic rings. The second-order valence-electron chi connectivity index (χ2n) is 5.86. The second-order valence-corrected chi connectivity index (χ2v) is 6.27. The minimum absolute atomic E-state index is 0.671. The second kappa shape index (κ2) is 5.46. The molecule has 0 N–H and O–H groups in total. The first-order valence-corrected chi connectivity index (χ1v) is 8.03. The lowest BCUT2D eigenvalue weighted by Gasteiger charge is -2.07. The monoisotopic (exact) mass is 337 g/mol. The normalized spacial score (nSPS) is 11.3. The van der Waals surface area contributed by atoms with Crippen LogP contribution >= 0.6 is 11.6 Å². The van der Waals surface area contributed by atoms with Crippen molar-refractivity contribution in [2.24, 2.45) is 7.05 Å². The third-order valence-corrected chi connectivity index (χ3v) is 4.39. The van der Waals surface area contributed by atoms with Crippen molar-refractivity contribution >= 4 is 22.6 Å². The van der Waals surface area contributed by atoms with Gasteiger partial charge in [-0.25, -0.2) is 9.67 Å². The number of halogens is 1. The minimum atomic E-state index is 0.671. The molecule has 1 aromatic carbocycles. The van der Waals surface area contributed by atoms with E-state index in [4.69, 9.17) is 11.6 Å². The van der Waals surface area contributed by atoms with E-state index < -0.39 is 0 Å². The topological polar surface area (TPSA) is 48.5 Å². The van der Waals surface area contributed by atoms with Crippen LogP contribution < -0.4 is 0 Å². The van der Waals surface area contributed by atoms with Gasteiger partial charge in [0.1, 0.15) is 16.7 Å². The summed E-state index contributed by atoms with van der Waals surface area (Å²) in [4.78, 5) is 4.66. The summed E-state index contributed by atoms with van der Waals surface area (Å²) in [6.45, 7) is 4.01. The molecule has 0 spiro atoms. The van der Waals surface area contributed by atoms with Crippen LogP contribution in [0, 0.1) is 13.8 Å². The molecule has 0 aliphatic carbocycles. The zero-order valence-corrected chi connectivity index (χ0v) is 14.4. The van der Waals surface area contributed by atoms with Gasteiger partial charge in [-0.05, 0) is 43.7 Å². The van der Waals surface area contributed by atoms with Gasteiger partial charge in [0.05, 0.1) is 10.7 Å². The number of rotatable bonds is 2. The average Bonchev–Trinajstić information content (AvgIpc) is 3.15. The Morgan fingerprint density at radius 2 is 1.96 bits per heavy atom. The standard InChI is InChI=1S/C18H16ClN5/c1-11-9-13(24-8-4-7-20-24)5-6-14(11)16-17-18(23(3)22-16)15(19)10-12(2)21-17/h4-10H,1-3H3. The first kappa shape index (κ1) is 14.9. The van der Waals surface area contributed by atoms with E-state index in [0.717, 1.165) is 39.2 Å². The van der Waals surface area contributed by atoms with Crippen LogP contribution in [0.25, 0.3) is 28.0 Å². The fourth-order valence-corrected chi connectivity index (χ4v) is 3.38. The fourth-order valence-electron chi connectivity index (χ4n) is 3.01. The van der Waals surface area contributed by atoms with Crippen LogP contribution in [0.4, 0.5) is 0 Å². The van der Waals surface area contributed by atoms with Gasteiger partial charge in [-0.15, -0.1) is 0 Å². The molecule has 3 heterocycles. The maximum absolute atomic E-state index is 6.39. The van der Waals surface area contributed by atoms with Gasteiger partial charge in [-0.3, -0.25) is 4.68 Å². The predicted molar refractivity (Wildman–Crippen MR) is 95.6 cm³/mol. The van der Waals surface area contributed by atoms with Crippen molar-refractivity contribution in [2.45, 2.75) is 13.8 Å². The molecule has 0 atom stereocenters. The maximum atomic E-state index is 6.39. The zero-order valence-electron chi connectivity index (χ0n) is 13.7. The molecule has 0 saturated carbocycles. The van der Waals surface area contributed by atoms with E-state index in [9.17, 15) is 0 Å². The summed E-state index contributed by atoms with van der Waals surface area (Å²) in [7, 11) is 1.89. The molecule has 4 rings (SSSR count). The van der Waals surface area contributed by atoms with Crippen LogP contribution in [0.1, 0.15) is 11.3 Å².